The molecule has 0 saturated heterocycles. The third kappa shape index (κ3) is 3.00. The number of esters is 2. The lowest BCUT2D eigenvalue weighted by Crippen LogP contribution is -2.59. The van der Waals surface area contributed by atoms with Crippen LogP contribution in [0.5, 0.6) is 0 Å². The Morgan fingerprint density at radius 3 is 2.59 bits per heavy atom. The van der Waals surface area contributed by atoms with Gasteiger partial charge >= 0.3 is 11.9 Å². The fraction of sp³-hybridized carbons (Fsp3) is 0.778. The quantitative estimate of drug-likeness (QED) is 0.446. The van der Waals surface area contributed by atoms with Crippen LogP contribution in [0.4, 0.5) is 0 Å². The summed E-state index contributed by atoms with van der Waals surface area (Å²) in [5.74, 6) is 0.139. The van der Waals surface area contributed by atoms with Crippen LogP contribution in [0.2, 0.25) is 0 Å². The molecule has 3 fully saturated rings. The Balaban J connectivity index is 1.47. The lowest BCUT2D eigenvalue weighted by atomic mass is 9.46. The number of hydrogen-bond donors (Lipinski definition) is 0. The number of nitrogens with zero attached hydrogens (tertiary/aromatic N) is 1. The molecule has 0 bridgehead atoms. The molecule has 0 spiro atoms. The summed E-state index contributed by atoms with van der Waals surface area (Å²) in [6, 6.07) is 0. The number of rotatable bonds is 4. The molecule has 0 amide bonds. The van der Waals surface area contributed by atoms with Crippen LogP contribution in [0.15, 0.2) is 16.8 Å². The second kappa shape index (κ2) is 7.92. The van der Waals surface area contributed by atoms with Crippen LogP contribution >= 0.6 is 0 Å². The van der Waals surface area contributed by atoms with Crippen LogP contribution in [0, 0.1) is 34.5 Å². The van der Waals surface area contributed by atoms with Crippen molar-refractivity contribution in [2.24, 2.45) is 39.7 Å². The van der Waals surface area contributed by atoms with Gasteiger partial charge in [0.25, 0.3) is 0 Å². The zero-order chi connectivity index (χ0) is 24.5. The first kappa shape index (κ1) is 23.6. The molecule has 1 aliphatic heterocycles. The molecule has 5 aliphatic rings. The molecule has 1 heterocycles. The lowest BCUT2D eigenvalue weighted by Gasteiger charge is -2.58. The number of carbonyl (C=O) groups is 3. The molecule has 0 radical (unpaired) electrons. The highest BCUT2D eigenvalue weighted by atomic mass is 16.7. The van der Waals surface area contributed by atoms with E-state index in [1.54, 1.807) is 13.8 Å². The van der Waals surface area contributed by atoms with Gasteiger partial charge < -0.3 is 14.3 Å². The van der Waals surface area contributed by atoms with E-state index >= 15 is 0 Å². The fourth-order valence-corrected chi connectivity index (χ4v) is 8.75. The number of allylic oxidation sites excluding steroid dienone is 1. The van der Waals surface area contributed by atoms with E-state index in [1.165, 1.54) is 12.5 Å². The summed E-state index contributed by atoms with van der Waals surface area (Å²) >= 11 is 0. The maximum atomic E-state index is 13.2. The smallest absolute Gasteiger partial charge is 0.356 e. The van der Waals surface area contributed by atoms with E-state index in [9.17, 15) is 14.4 Å². The summed E-state index contributed by atoms with van der Waals surface area (Å²) < 4.78 is 10.8. The van der Waals surface area contributed by atoms with Crippen LogP contribution in [-0.2, 0) is 28.7 Å². The minimum Gasteiger partial charge on any atom is -0.462 e. The summed E-state index contributed by atoms with van der Waals surface area (Å²) in [7, 11) is 0. The van der Waals surface area contributed by atoms with Gasteiger partial charge in [0.1, 0.15) is 6.10 Å². The summed E-state index contributed by atoms with van der Waals surface area (Å²) in [4.78, 5) is 43.4. The number of ketones is 1. The topological polar surface area (TPSA) is 91.3 Å². The van der Waals surface area contributed by atoms with Crippen molar-refractivity contribution in [1.82, 2.24) is 0 Å². The summed E-state index contributed by atoms with van der Waals surface area (Å²) in [5.41, 5.74) is 0.339. The van der Waals surface area contributed by atoms with Gasteiger partial charge in [0.2, 0.25) is 5.60 Å². The molecule has 186 valence electrons. The van der Waals surface area contributed by atoms with Gasteiger partial charge in [-0.05, 0) is 75.5 Å². The number of carbonyl (C=O) groups excluding carboxylic acids is 3. The summed E-state index contributed by atoms with van der Waals surface area (Å²) in [6.45, 7) is 9.70. The molecule has 0 aromatic rings. The van der Waals surface area contributed by atoms with Crippen LogP contribution < -0.4 is 0 Å². The van der Waals surface area contributed by atoms with E-state index in [2.05, 4.69) is 25.1 Å². The molecular formula is C27H37NO6. The average molecular weight is 472 g/mol. The average Bonchev–Trinajstić information content (AvgIpc) is 3.28. The first-order valence-electron chi connectivity index (χ1n) is 12.9. The molecule has 3 saturated carbocycles. The van der Waals surface area contributed by atoms with Gasteiger partial charge in [-0.2, -0.15) is 0 Å². The maximum absolute atomic E-state index is 13.2. The van der Waals surface area contributed by atoms with Crippen molar-refractivity contribution < 1.29 is 28.7 Å². The monoisotopic (exact) mass is 471 g/mol. The Bertz CT molecular complexity index is 986. The Hall–Kier alpha value is -2.18. The third-order valence-corrected chi connectivity index (χ3v) is 10.2. The Kier molecular flexibility index (Phi) is 5.49. The SMILES string of the molecule is CCOC(=O)C1=NO[C@@]2(C(C)=O)[C@@H]1C[C@@H]1[C@H]3CC=C4C[C@@H](OC(C)=O)CC[C@]4(C)[C@@H]3CC[C@@]12C. The van der Waals surface area contributed by atoms with Gasteiger partial charge in [-0.15, -0.1) is 0 Å². The molecular weight excluding hydrogens is 434 g/mol. The Morgan fingerprint density at radius 2 is 1.91 bits per heavy atom. The zero-order valence-electron chi connectivity index (χ0n) is 21.0. The molecule has 0 aromatic carbocycles. The van der Waals surface area contributed by atoms with Crippen molar-refractivity contribution in [3.63, 3.8) is 0 Å². The minimum absolute atomic E-state index is 0.0224. The summed E-state index contributed by atoms with van der Waals surface area (Å²) in [6.07, 6.45) is 8.66. The lowest BCUT2D eigenvalue weighted by molar-refractivity contribution is -0.174. The molecule has 0 unspecified atom stereocenters. The highest BCUT2D eigenvalue weighted by Crippen LogP contribution is 2.70. The highest BCUT2D eigenvalue weighted by molar-refractivity contribution is 6.38. The number of Topliss-reactive ketones (excluding diaryl/α,β-unsaturated/α-hetero) is 1. The van der Waals surface area contributed by atoms with Crippen molar-refractivity contribution in [2.45, 2.75) is 91.3 Å². The molecule has 34 heavy (non-hydrogen) atoms. The van der Waals surface area contributed by atoms with Gasteiger partial charge in [-0.3, -0.25) is 9.59 Å². The van der Waals surface area contributed by atoms with Crippen molar-refractivity contribution in [3.8, 4) is 0 Å². The number of oxime groups is 1. The normalized spacial score (nSPS) is 44.3. The van der Waals surface area contributed by atoms with Crippen molar-refractivity contribution >= 4 is 23.4 Å². The molecule has 0 aromatic heterocycles. The standard InChI is InChI=1S/C27H37NO6/c1-6-32-24(31)23-22-14-21-19-8-7-17-13-18(33-16(3)30)9-11-25(17,4)20(19)10-12-26(21,5)27(22,15(2)29)34-28-23/h7,18-22H,6,8-14H2,1-5H3/t18-,19-,20+,21+,22+,25-,26-,27-/m0/s1. The third-order valence-electron chi connectivity index (χ3n) is 10.2. The van der Waals surface area contributed by atoms with E-state index in [-0.39, 0.29) is 52.8 Å². The van der Waals surface area contributed by atoms with Gasteiger partial charge in [0.05, 0.1) is 12.5 Å². The molecule has 8 atom stereocenters. The summed E-state index contributed by atoms with van der Waals surface area (Å²) in [5, 5.41) is 4.15. The van der Waals surface area contributed by atoms with E-state index < -0.39 is 11.6 Å². The second-order valence-corrected chi connectivity index (χ2v) is 11.6. The predicted molar refractivity (Wildman–Crippen MR) is 125 cm³/mol. The van der Waals surface area contributed by atoms with Gasteiger partial charge in [0, 0.05) is 18.8 Å². The van der Waals surface area contributed by atoms with Crippen molar-refractivity contribution in [1.29, 1.82) is 0 Å². The number of ether oxygens (including phenoxy) is 2. The maximum Gasteiger partial charge on any atom is 0.356 e. The Morgan fingerprint density at radius 1 is 1.15 bits per heavy atom. The molecule has 7 nitrogen and oxygen atoms in total. The predicted octanol–water partition coefficient (Wildman–Crippen LogP) is 4.38. The van der Waals surface area contributed by atoms with Crippen LogP contribution in [0.3, 0.4) is 0 Å². The van der Waals surface area contributed by atoms with Crippen LogP contribution in [-0.4, -0.2) is 41.7 Å². The van der Waals surface area contributed by atoms with Crippen molar-refractivity contribution in [3.05, 3.63) is 11.6 Å². The molecule has 0 N–H and O–H groups in total. The largest absolute Gasteiger partial charge is 0.462 e. The minimum atomic E-state index is -1.08. The van der Waals surface area contributed by atoms with Gasteiger partial charge in [-0.25, -0.2) is 4.79 Å². The van der Waals surface area contributed by atoms with E-state index in [4.69, 9.17) is 14.3 Å². The van der Waals surface area contributed by atoms with Gasteiger partial charge in [0.15, 0.2) is 11.5 Å². The van der Waals surface area contributed by atoms with Gasteiger partial charge in [-0.1, -0.05) is 30.7 Å². The van der Waals surface area contributed by atoms with E-state index in [0.29, 0.717) is 11.8 Å². The number of fused-ring (bicyclic) bond motifs is 7. The fourth-order valence-electron chi connectivity index (χ4n) is 8.75. The first-order valence-corrected chi connectivity index (χ1v) is 12.9. The molecule has 4 aliphatic carbocycles. The second-order valence-electron chi connectivity index (χ2n) is 11.6. The van der Waals surface area contributed by atoms with Crippen LogP contribution in [0.1, 0.15) is 79.6 Å². The zero-order valence-corrected chi connectivity index (χ0v) is 21.0. The van der Waals surface area contributed by atoms with Crippen LogP contribution in [0.25, 0.3) is 0 Å². The Labute approximate surface area is 201 Å². The van der Waals surface area contributed by atoms with E-state index in [1.807, 2.05) is 0 Å². The number of hydrogen-bond acceptors (Lipinski definition) is 7. The van der Waals surface area contributed by atoms with Crippen molar-refractivity contribution in [2.75, 3.05) is 6.61 Å². The first-order chi connectivity index (χ1) is 16.1. The highest BCUT2D eigenvalue weighted by Gasteiger charge is 2.75. The van der Waals surface area contributed by atoms with E-state index in [0.717, 1.165) is 44.9 Å². The molecule has 7 heteroatoms. The molecule has 5 rings (SSSR count).